The normalized spacial score (nSPS) is 15.0. The van der Waals surface area contributed by atoms with Gasteiger partial charge in [-0.1, -0.05) is 56.6 Å². The van der Waals surface area contributed by atoms with Crippen LogP contribution in [0.25, 0.3) is 0 Å². The lowest BCUT2D eigenvalue weighted by atomic mass is 9.74. The fourth-order valence-electron chi connectivity index (χ4n) is 2.01. The number of hydrogen-bond acceptors (Lipinski definition) is 1. The maximum absolute atomic E-state index is 13.2. The number of halogens is 2. The highest BCUT2D eigenvalue weighted by Crippen LogP contribution is 2.33. The summed E-state index contributed by atoms with van der Waals surface area (Å²) >= 11 is 3.47. The molecule has 0 fully saturated rings. The fraction of sp³-hybridized carbons (Fsp3) is 0.625. The summed E-state index contributed by atoms with van der Waals surface area (Å²) in [6, 6.07) is 5.45. The summed E-state index contributed by atoms with van der Waals surface area (Å²) in [5.74, 6) is 0.359. The molecule has 1 aromatic carbocycles. The second-order valence-electron chi connectivity index (χ2n) is 6.26. The van der Waals surface area contributed by atoms with Crippen molar-refractivity contribution < 1.29 is 4.39 Å². The molecule has 1 nitrogen and oxygen atoms in total. The van der Waals surface area contributed by atoms with Crippen molar-refractivity contribution in [3.8, 4) is 0 Å². The van der Waals surface area contributed by atoms with Gasteiger partial charge < -0.3 is 5.32 Å². The molecule has 0 saturated heterocycles. The summed E-state index contributed by atoms with van der Waals surface area (Å²) < 4.78 is 14.0. The highest BCUT2D eigenvalue weighted by molar-refractivity contribution is 9.10. The molecule has 1 unspecified atom stereocenters. The second-order valence-corrected chi connectivity index (χ2v) is 7.11. The predicted octanol–water partition coefficient (Wildman–Crippen LogP) is 4.79. The zero-order chi connectivity index (χ0) is 14.6. The lowest BCUT2D eigenvalue weighted by Gasteiger charge is -2.35. The smallest absolute Gasteiger partial charge is 0.124 e. The summed E-state index contributed by atoms with van der Waals surface area (Å²) in [7, 11) is 0. The maximum atomic E-state index is 13.2. The molecule has 0 spiro atoms. The Kier molecular flexibility index (Phi) is 6.00. The van der Waals surface area contributed by atoms with Gasteiger partial charge >= 0.3 is 0 Å². The lowest BCUT2D eigenvalue weighted by molar-refractivity contribution is 0.201. The third-order valence-electron chi connectivity index (χ3n) is 3.92. The zero-order valence-electron chi connectivity index (χ0n) is 12.6. The summed E-state index contributed by atoms with van der Waals surface area (Å²) in [5, 5.41) is 3.53. The second kappa shape index (κ2) is 6.85. The van der Waals surface area contributed by atoms with E-state index in [0.29, 0.717) is 12.0 Å². The van der Waals surface area contributed by atoms with E-state index in [-0.39, 0.29) is 11.2 Å². The van der Waals surface area contributed by atoms with E-state index < -0.39 is 0 Å². The van der Waals surface area contributed by atoms with Crippen LogP contribution in [0.4, 0.5) is 4.39 Å². The summed E-state index contributed by atoms with van der Waals surface area (Å²) in [4.78, 5) is 0. The van der Waals surface area contributed by atoms with Crippen LogP contribution in [0.5, 0.6) is 0 Å². The van der Waals surface area contributed by atoms with Crippen LogP contribution >= 0.6 is 15.9 Å². The van der Waals surface area contributed by atoms with Crippen LogP contribution < -0.4 is 5.32 Å². The first kappa shape index (κ1) is 16.6. The van der Waals surface area contributed by atoms with Crippen LogP contribution in [0.3, 0.4) is 0 Å². The Hall–Kier alpha value is -0.410. The van der Waals surface area contributed by atoms with E-state index in [2.05, 4.69) is 55.9 Å². The van der Waals surface area contributed by atoms with Gasteiger partial charge in [0.15, 0.2) is 0 Å². The molecular formula is C16H25BrFN. The molecule has 0 bridgehead atoms. The molecule has 0 radical (unpaired) electrons. The van der Waals surface area contributed by atoms with Crippen LogP contribution in [0.2, 0.25) is 0 Å². The highest BCUT2D eigenvalue weighted by atomic mass is 79.9. The average Bonchev–Trinajstić information content (AvgIpc) is 2.30. The number of nitrogens with one attached hydrogen (secondary N) is 1. The summed E-state index contributed by atoms with van der Waals surface area (Å²) in [6.45, 7) is 12.1. The Morgan fingerprint density at radius 2 is 1.89 bits per heavy atom. The van der Waals surface area contributed by atoms with Gasteiger partial charge in [-0.05, 0) is 35.4 Å². The molecule has 0 heterocycles. The van der Waals surface area contributed by atoms with Crippen molar-refractivity contribution in [3.63, 3.8) is 0 Å². The van der Waals surface area contributed by atoms with Crippen molar-refractivity contribution in [2.75, 3.05) is 6.54 Å². The minimum atomic E-state index is -0.192. The molecule has 0 aromatic heterocycles. The Morgan fingerprint density at radius 1 is 1.26 bits per heavy atom. The van der Waals surface area contributed by atoms with Crippen molar-refractivity contribution >= 4 is 15.9 Å². The van der Waals surface area contributed by atoms with Gasteiger partial charge in [-0.25, -0.2) is 4.39 Å². The molecule has 1 aromatic rings. The zero-order valence-corrected chi connectivity index (χ0v) is 14.1. The van der Waals surface area contributed by atoms with Crippen LogP contribution in [-0.2, 0) is 6.42 Å². The van der Waals surface area contributed by atoms with E-state index >= 15 is 0 Å². The van der Waals surface area contributed by atoms with E-state index in [4.69, 9.17) is 0 Å². The standard InChI is InChI=1S/C16H25BrFN/c1-11(2)16(5,10-19-12(3)4)9-13-6-7-14(18)8-15(13)17/h6-8,11-12,19H,9-10H2,1-5H3. The average molecular weight is 330 g/mol. The SMILES string of the molecule is CC(C)NCC(C)(Cc1ccc(F)cc1Br)C(C)C. The Morgan fingerprint density at radius 3 is 2.37 bits per heavy atom. The van der Waals surface area contributed by atoms with Crippen molar-refractivity contribution in [1.82, 2.24) is 5.32 Å². The third-order valence-corrected chi connectivity index (χ3v) is 4.66. The molecule has 0 aliphatic carbocycles. The van der Waals surface area contributed by atoms with Gasteiger partial charge in [0.25, 0.3) is 0 Å². The largest absolute Gasteiger partial charge is 0.314 e. The minimum absolute atomic E-state index is 0.157. The van der Waals surface area contributed by atoms with E-state index in [0.717, 1.165) is 17.4 Å². The van der Waals surface area contributed by atoms with E-state index in [1.165, 1.54) is 11.6 Å². The summed E-state index contributed by atoms with van der Waals surface area (Å²) in [5.41, 5.74) is 1.33. The summed E-state index contributed by atoms with van der Waals surface area (Å²) in [6.07, 6.45) is 0.936. The first-order valence-electron chi connectivity index (χ1n) is 6.92. The molecule has 0 amide bonds. The molecule has 0 aliphatic heterocycles. The molecular weight excluding hydrogens is 305 g/mol. The van der Waals surface area contributed by atoms with Gasteiger partial charge in [0.1, 0.15) is 5.82 Å². The monoisotopic (exact) mass is 329 g/mol. The molecule has 1 N–H and O–H groups in total. The number of rotatable bonds is 6. The van der Waals surface area contributed by atoms with Gasteiger partial charge in [0, 0.05) is 17.1 Å². The van der Waals surface area contributed by atoms with Gasteiger partial charge in [-0.15, -0.1) is 0 Å². The Labute approximate surface area is 125 Å². The first-order valence-corrected chi connectivity index (χ1v) is 7.71. The van der Waals surface area contributed by atoms with Gasteiger partial charge in [0.05, 0.1) is 0 Å². The van der Waals surface area contributed by atoms with Crippen LogP contribution in [0, 0.1) is 17.2 Å². The first-order chi connectivity index (χ1) is 8.74. The van der Waals surface area contributed by atoms with Crippen molar-refractivity contribution in [3.05, 3.63) is 34.1 Å². The Bertz CT molecular complexity index is 417. The van der Waals surface area contributed by atoms with Gasteiger partial charge in [-0.2, -0.15) is 0 Å². The third kappa shape index (κ3) is 4.88. The van der Waals surface area contributed by atoms with Crippen molar-refractivity contribution in [2.24, 2.45) is 11.3 Å². The predicted molar refractivity (Wildman–Crippen MR) is 83.9 cm³/mol. The van der Waals surface area contributed by atoms with Crippen molar-refractivity contribution in [2.45, 2.75) is 47.1 Å². The maximum Gasteiger partial charge on any atom is 0.124 e. The molecule has 19 heavy (non-hydrogen) atoms. The van der Waals surface area contributed by atoms with Crippen LogP contribution in [0.15, 0.2) is 22.7 Å². The molecule has 1 rings (SSSR count). The highest BCUT2D eigenvalue weighted by Gasteiger charge is 2.29. The molecule has 0 saturated carbocycles. The van der Waals surface area contributed by atoms with Crippen molar-refractivity contribution in [1.29, 1.82) is 0 Å². The van der Waals surface area contributed by atoms with E-state index in [1.807, 2.05) is 6.07 Å². The van der Waals surface area contributed by atoms with Crippen LogP contribution in [-0.4, -0.2) is 12.6 Å². The Balaban J connectivity index is 2.88. The molecule has 108 valence electrons. The minimum Gasteiger partial charge on any atom is -0.314 e. The van der Waals surface area contributed by atoms with E-state index in [9.17, 15) is 4.39 Å². The molecule has 1 atom stereocenters. The fourth-order valence-corrected chi connectivity index (χ4v) is 2.50. The lowest BCUT2D eigenvalue weighted by Crippen LogP contribution is -2.40. The van der Waals surface area contributed by atoms with Crippen LogP contribution in [0.1, 0.15) is 40.2 Å². The van der Waals surface area contributed by atoms with E-state index in [1.54, 1.807) is 6.07 Å². The van der Waals surface area contributed by atoms with Gasteiger partial charge in [0.2, 0.25) is 0 Å². The topological polar surface area (TPSA) is 12.0 Å². The van der Waals surface area contributed by atoms with Gasteiger partial charge in [-0.3, -0.25) is 0 Å². The quantitative estimate of drug-likeness (QED) is 0.791. The molecule has 0 aliphatic rings. The number of hydrogen-bond donors (Lipinski definition) is 1. The number of benzene rings is 1. The molecule has 3 heteroatoms.